The first kappa shape index (κ1) is 21.2. The van der Waals surface area contributed by atoms with Crippen molar-refractivity contribution in [3.63, 3.8) is 0 Å². The lowest BCUT2D eigenvalue weighted by molar-refractivity contribution is 0.669. The number of nitrogens with zero attached hydrogens (tertiary/aromatic N) is 1. The van der Waals surface area contributed by atoms with Crippen LogP contribution in [0.15, 0.2) is 114 Å². The Bertz CT molecular complexity index is 1780. The number of aryl methyl sites for hydroxylation is 1. The second kappa shape index (κ2) is 8.48. The van der Waals surface area contributed by atoms with Gasteiger partial charge >= 0.3 is 0 Å². The lowest BCUT2D eigenvalue weighted by atomic mass is 10.0. The Balaban J connectivity index is 0.00000112. The van der Waals surface area contributed by atoms with Crippen molar-refractivity contribution in [2.24, 2.45) is 0 Å². The summed E-state index contributed by atoms with van der Waals surface area (Å²) in [4.78, 5) is 0. The van der Waals surface area contributed by atoms with Gasteiger partial charge in [0.2, 0.25) is 0 Å². The maximum Gasteiger partial charge on any atom is 0.135 e. The predicted molar refractivity (Wildman–Crippen MR) is 150 cm³/mol. The van der Waals surface area contributed by atoms with Crippen LogP contribution >= 0.6 is 0 Å². The van der Waals surface area contributed by atoms with Gasteiger partial charge in [0.05, 0.1) is 11.0 Å². The SMILES string of the molecule is CC.Cc1cccc(-c2ccc3oc4ccc(-n5c6ccccc6c6ccccc65)cc4c3c2)c1. The number of para-hydroxylation sites is 2. The van der Waals surface area contributed by atoms with E-state index in [1.54, 1.807) is 0 Å². The van der Waals surface area contributed by atoms with Crippen molar-refractivity contribution in [2.45, 2.75) is 20.8 Å². The van der Waals surface area contributed by atoms with Gasteiger partial charge < -0.3 is 8.98 Å². The maximum atomic E-state index is 6.21. The minimum Gasteiger partial charge on any atom is -0.456 e. The fourth-order valence-corrected chi connectivity index (χ4v) is 5.11. The fourth-order valence-electron chi connectivity index (χ4n) is 5.11. The molecule has 0 radical (unpaired) electrons. The molecule has 0 unspecified atom stereocenters. The van der Waals surface area contributed by atoms with Gasteiger partial charge in [0.25, 0.3) is 0 Å². The molecule has 170 valence electrons. The van der Waals surface area contributed by atoms with E-state index in [1.165, 1.54) is 38.5 Å². The Morgan fingerprint density at radius 2 is 1.11 bits per heavy atom. The number of fused-ring (bicyclic) bond motifs is 6. The van der Waals surface area contributed by atoms with Crippen LogP contribution in [0.1, 0.15) is 19.4 Å². The van der Waals surface area contributed by atoms with Gasteiger partial charge in [-0.25, -0.2) is 0 Å². The van der Waals surface area contributed by atoms with E-state index >= 15 is 0 Å². The highest BCUT2D eigenvalue weighted by atomic mass is 16.3. The topological polar surface area (TPSA) is 18.1 Å². The normalized spacial score (nSPS) is 11.3. The van der Waals surface area contributed by atoms with Gasteiger partial charge in [0, 0.05) is 27.2 Å². The molecule has 0 saturated carbocycles. The van der Waals surface area contributed by atoms with E-state index < -0.39 is 0 Å². The van der Waals surface area contributed by atoms with Crippen LogP contribution < -0.4 is 0 Å². The van der Waals surface area contributed by atoms with Gasteiger partial charge in [-0.2, -0.15) is 0 Å². The molecule has 0 bridgehead atoms. The Labute approximate surface area is 205 Å². The molecular formula is C33H27NO. The minimum absolute atomic E-state index is 0.913. The highest BCUT2D eigenvalue weighted by Crippen LogP contribution is 2.36. The van der Waals surface area contributed by atoms with E-state index in [9.17, 15) is 0 Å². The van der Waals surface area contributed by atoms with Crippen LogP contribution in [0.4, 0.5) is 0 Å². The summed E-state index contributed by atoms with van der Waals surface area (Å²) >= 11 is 0. The standard InChI is InChI=1S/C31H21NO.C2H6/c1-20-7-6-8-21(17-20)22-13-15-30-26(18-22)27-19-23(14-16-31(27)33-30)32-28-11-4-2-9-24(28)25-10-3-5-12-29(25)32;1-2/h2-19H,1H3;1-2H3. The van der Waals surface area contributed by atoms with E-state index in [0.29, 0.717) is 0 Å². The molecule has 0 fully saturated rings. The highest BCUT2D eigenvalue weighted by molar-refractivity contribution is 6.10. The van der Waals surface area contributed by atoms with Gasteiger partial charge in [0.15, 0.2) is 0 Å². The van der Waals surface area contributed by atoms with Crippen molar-refractivity contribution in [2.75, 3.05) is 0 Å². The van der Waals surface area contributed by atoms with E-state index in [4.69, 9.17) is 4.42 Å². The summed E-state index contributed by atoms with van der Waals surface area (Å²) in [6.45, 7) is 6.13. The Hall–Kier alpha value is -4.30. The molecule has 0 aliphatic heterocycles. The molecule has 0 aliphatic carbocycles. The number of hydrogen-bond donors (Lipinski definition) is 0. The summed E-state index contributed by atoms with van der Waals surface area (Å²) < 4.78 is 8.56. The molecule has 7 aromatic rings. The molecule has 2 nitrogen and oxygen atoms in total. The molecule has 0 aliphatic rings. The summed E-state index contributed by atoms with van der Waals surface area (Å²) in [6, 6.07) is 38.9. The van der Waals surface area contributed by atoms with Crippen molar-refractivity contribution in [1.82, 2.24) is 4.57 Å². The van der Waals surface area contributed by atoms with Crippen LogP contribution in [0.25, 0.3) is 60.6 Å². The number of hydrogen-bond acceptors (Lipinski definition) is 1. The van der Waals surface area contributed by atoms with Crippen molar-refractivity contribution in [3.05, 3.63) is 115 Å². The third-order valence-corrected chi connectivity index (χ3v) is 6.64. The van der Waals surface area contributed by atoms with E-state index in [1.807, 2.05) is 13.8 Å². The molecule has 2 heterocycles. The van der Waals surface area contributed by atoms with E-state index in [0.717, 1.165) is 27.6 Å². The second-order valence-electron chi connectivity index (χ2n) is 8.73. The van der Waals surface area contributed by atoms with Crippen molar-refractivity contribution >= 4 is 43.7 Å². The highest BCUT2D eigenvalue weighted by Gasteiger charge is 2.14. The Kier molecular flexibility index (Phi) is 5.15. The van der Waals surface area contributed by atoms with Crippen LogP contribution in [-0.4, -0.2) is 4.57 Å². The second-order valence-corrected chi connectivity index (χ2v) is 8.73. The molecular weight excluding hydrogens is 426 g/mol. The van der Waals surface area contributed by atoms with Crippen molar-refractivity contribution in [3.8, 4) is 16.8 Å². The zero-order valence-electron chi connectivity index (χ0n) is 20.2. The molecule has 2 aromatic heterocycles. The van der Waals surface area contributed by atoms with Crippen LogP contribution in [0.2, 0.25) is 0 Å². The predicted octanol–water partition coefficient (Wildman–Crippen LogP) is 9.68. The first-order valence-corrected chi connectivity index (χ1v) is 12.3. The number of furan rings is 1. The number of benzene rings is 5. The molecule has 0 N–H and O–H groups in total. The minimum atomic E-state index is 0.913. The van der Waals surface area contributed by atoms with Crippen molar-refractivity contribution < 1.29 is 4.42 Å². The zero-order chi connectivity index (χ0) is 23.9. The molecule has 5 aromatic carbocycles. The largest absolute Gasteiger partial charge is 0.456 e. The summed E-state index contributed by atoms with van der Waals surface area (Å²) in [5.41, 5.74) is 9.09. The smallest absolute Gasteiger partial charge is 0.135 e. The molecule has 7 rings (SSSR count). The first-order chi connectivity index (χ1) is 17.3. The third kappa shape index (κ3) is 3.41. The average Bonchev–Trinajstić information content (AvgIpc) is 3.45. The number of aromatic nitrogens is 1. The summed E-state index contributed by atoms with van der Waals surface area (Å²) in [5, 5.41) is 4.82. The van der Waals surface area contributed by atoms with E-state index in [-0.39, 0.29) is 0 Å². The van der Waals surface area contributed by atoms with Gasteiger partial charge in [-0.1, -0.05) is 86.1 Å². The number of rotatable bonds is 2. The van der Waals surface area contributed by atoms with Crippen molar-refractivity contribution in [1.29, 1.82) is 0 Å². The quantitative estimate of drug-likeness (QED) is 0.255. The van der Waals surface area contributed by atoms with Crippen LogP contribution in [0.5, 0.6) is 0 Å². The van der Waals surface area contributed by atoms with Gasteiger partial charge in [-0.15, -0.1) is 0 Å². The molecule has 0 amide bonds. The lowest BCUT2D eigenvalue weighted by Gasteiger charge is -2.08. The zero-order valence-corrected chi connectivity index (χ0v) is 20.2. The summed E-state index contributed by atoms with van der Waals surface area (Å²) in [7, 11) is 0. The summed E-state index contributed by atoms with van der Waals surface area (Å²) in [5.74, 6) is 0. The third-order valence-electron chi connectivity index (χ3n) is 6.64. The van der Waals surface area contributed by atoms with Gasteiger partial charge in [-0.05, 0) is 60.5 Å². The van der Waals surface area contributed by atoms with E-state index in [2.05, 4.69) is 121 Å². The molecule has 0 spiro atoms. The molecule has 35 heavy (non-hydrogen) atoms. The van der Waals surface area contributed by atoms with Crippen LogP contribution in [-0.2, 0) is 0 Å². The van der Waals surface area contributed by atoms with Crippen LogP contribution in [0, 0.1) is 6.92 Å². The molecule has 0 atom stereocenters. The van der Waals surface area contributed by atoms with Crippen LogP contribution in [0.3, 0.4) is 0 Å². The average molecular weight is 454 g/mol. The summed E-state index contributed by atoms with van der Waals surface area (Å²) in [6.07, 6.45) is 0. The monoisotopic (exact) mass is 453 g/mol. The lowest BCUT2D eigenvalue weighted by Crippen LogP contribution is -1.93. The fraction of sp³-hybridized carbons (Fsp3) is 0.0909. The van der Waals surface area contributed by atoms with Gasteiger partial charge in [0.1, 0.15) is 11.2 Å². The van der Waals surface area contributed by atoms with Gasteiger partial charge in [-0.3, -0.25) is 0 Å². The molecule has 0 saturated heterocycles. The Morgan fingerprint density at radius 3 is 1.80 bits per heavy atom. The Morgan fingerprint density at radius 1 is 0.514 bits per heavy atom. The first-order valence-electron chi connectivity index (χ1n) is 12.3. The molecule has 2 heteroatoms. The maximum absolute atomic E-state index is 6.21.